The molecule has 300 valence electrons. The number of amides is 3. The van der Waals surface area contributed by atoms with Crippen LogP contribution in [0.2, 0.25) is 0 Å². The van der Waals surface area contributed by atoms with Gasteiger partial charge in [0.05, 0.1) is 29.2 Å². The number of benzene rings is 1. The Labute approximate surface area is 339 Å². The molecule has 1 saturated heterocycles. The molecule has 3 amide bonds. The van der Waals surface area contributed by atoms with E-state index in [2.05, 4.69) is 38.1 Å². The van der Waals surface area contributed by atoms with Crippen LogP contribution in [0.1, 0.15) is 85.1 Å². The minimum absolute atomic E-state index is 0.000391. The van der Waals surface area contributed by atoms with E-state index in [-0.39, 0.29) is 49.7 Å². The van der Waals surface area contributed by atoms with Gasteiger partial charge >= 0.3 is 12.1 Å². The zero-order valence-corrected chi connectivity index (χ0v) is 35.1. The summed E-state index contributed by atoms with van der Waals surface area (Å²) in [6, 6.07) is 3.51. The molecule has 13 nitrogen and oxygen atoms in total. The summed E-state index contributed by atoms with van der Waals surface area (Å²) in [5, 5.41) is 18.7. The Morgan fingerprint density at radius 2 is 1.84 bits per heavy atom. The molecule has 6 rings (SSSR count). The molecule has 0 bridgehead atoms. The number of nitrogens with one attached hydrogen (secondary N) is 2. The summed E-state index contributed by atoms with van der Waals surface area (Å²) in [5.41, 5.74) is 0.519. The molecule has 56 heavy (non-hydrogen) atoms. The van der Waals surface area contributed by atoms with Gasteiger partial charge in [-0.15, -0.1) is 17.9 Å². The van der Waals surface area contributed by atoms with Gasteiger partial charge in [-0.25, -0.2) is 14.8 Å². The number of ether oxygens (including phenoxy) is 2. The van der Waals surface area contributed by atoms with Crippen molar-refractivity contribution < 1.29 is 38.6 Å². The number of anilines is 1. The Kier molecular flexibility index (Phi) is 12.0. The molecule has 2 aromatic heterocycles. The number of aliphatic carboxylic acids is 1. The monoisotopic (exact) mass is 851 g/mol. The van der Waals surface area contributed by atoms with E-state index in [0.717, 1.165) is 35.7 Å². The number of ketones is 1. The molecule has 3 aromatic rings. The number of carbonyl (C=O) groups is 5. The average Bonchev–Trinajstić information content (AvgIpc) is 3.55. The lowest BCUT2D eigenvalue weighted by Crippen LogP contribution is -2.57. The number of hydrogen-bond acceptors (Lipinski definition) is 10. The zero-order chi connectivity index (χ0) is 40.7. The topological polar surface area (TPSA) is 177 Å². The van der Waals surface area contributed by atoms with Crippen LogP contribution >= 0.6 is 27.3 Å². The Morgan fingerprint density at radius 3 is 2.46 bits per heavy atom. The largest absolute Gasteiger partial charge is 0.488 e. The molecule has 15 heteroatoms. The number of carboxylic acids is 1. The third-order valence-corrected chi connectivity index (χ3v) is 12.9. The first-order valence-corrected chi connectivity index (χ1v) is 20.8. The van der Waals surface area contributed by atoms with Gasteiger partial charge in [0.15, 0.2) is 10.9 Å². The van der Waals surface area contributed by atoms with Crippen LogP contribution in [0.15, 0.2) is 40.7 Å². The fraction of sp³-hybridized carbons (Fsp3) is 0.537. The normalized spacial score (nSPS) is 22.9. The molecule has 3 heterocycles. The van der Waals surface area contributed by atoms with Crippen molar-refractivity contribution in [1.82, 2.24) is 20.2 Å². The summed E-state index contributed by atoms with van der Waals surface area (Å²) >= 11 is 4.97. The minimum Gasteiger partial charge on any atom is -0.488 e. The molecule has 1 aliphatic heterocycles. The molecule has 3 N–H and O–H groups in total. The van der Waals surface area contributed by atoms with E-state index in [1.54, 1.807) is 31.4 Å². The Hall–Kier alpha value is -4.37. The van der Waals surface area contributed by atoms with Crippen molar-refractivity contribution in [3.05, 3.63) is 46.3 Å². The van der Waals surface area contributed by atoms with Gasteiger partial charge in [-0.1, -0.05) is 46.8 Å². The number of allylic oxidation sites excluding steroid dienone is 1. The first kappa shape index (κ1) is 41.3. The highest BCUT2D eigenvalue weighted by molar-refractivity contribution is 9.10. The van der Waals surface area contributed by atoms with Crippen LogP contribution in [0.25, 0.3) is 22.3 Å². The first-order chi connectivity index (χ1) is 26.4. The van der Waals surface area contributed by atoms with Crippen LogP contribution in [-0.2, 0) is 23.9 Å². The third-order valence-electron chi connectivity index (χ3n) is 11.1. The Bertz CT molecular complexity index is 2060. The molecular formula is C41H50BrN5O8S. The predicted octanol–water partition coefficient (Wildman–Crippen LogP) is 7.69. The number of thiazole rings is 1. The smallest absolute Gasteiger partial charge is 0.408 e. The van der Waals surface area contributed by atoms with Gasteiger partial charge in [0, 0.05) is 40.1 Å². The second-order valence-corrected chi connectivity index (χ2v) is 18.3. The summed E-state index contributed by atoms with van der Waals surface area (Å²) in [6.45, 7) is 14.8. The van der Waals surface area contributed by atoms with Crippen molar-refractivity contribution in [3.8, 4) is 17.1 Å². The lowest BCUT2D eigenvalue weighted by molar-refractivity contribution is -0.147. The maximum absolute atomic E-state index is 14.6. The minimum atomic E-state index is -1.28. The number of carbonyl (C=O) groups excluding carboxylic acids is 4. The van der Waals surface area contributed by atoms with Gasteiger partial charge in [0.2, 0.25) is 11.8 Å². The number of rotatable bonds is 13. The van der Waals surface area contributed by atoms with Crippen molar-refractivity contribution in [2.45, 2.75) is 111 Å². The SMILES string of the molecule is C=C[C@@H]1C[C@]1(CC(=O)[C@@H]1C[C@H](Oc2cc(-c3csc(NC(=O)C(C)C)n3)nc3c(Br)c(C)ccc23)CN1C(=O)[C@@H](NC(=O)OC1CCCC1)C(C)(C)C)C(=O)O. The number of aryl methyl sites for hydroxylation is 1. The Morgan fingerprint density at radius 1 is 1.12 bits per heavy atom. The fourth-order valence-electron chi connectivity index (χ4n) is 7.59. The van der Waals surface area contributed by atoms with Gasteiger partial charge in [-0.05, 0) is 77.9 Å². The van der Waals surface area contributed by atoms with Crippen LogP contribution in [0.4, 0.5) is 9.93 Å². The maximum atomic E-state index is 14.6. The molecule has 0 spiro atoms. The van der Waals surface area contributed by atoms with E-state index in [1.807, 2.05) is 39.8 Å². The summed E-state index contributed by atoms with van der Waals surface area (Å²) < 4.78 is 13.2. The number of likely N-dealkylation sites (tertiary alicyclic amines) is 1. The molecule has 1 aromatic carbocycles. The lowest BCUT2D eigenvalue weighted by Gasteiger charge is -2.35. The number of hydrogen-bond donors (Lipinski definition) is 3. The molecule has 0 radical (unpaired) electrons. The van der Waals surface area contributed by atoms with Gasteiger partial charge in [-0.2, -0.15) is 0 Å². The predicted molar refractivity (Wildman–Crippen MR) is 216 cm³/mol. The highest BCUT2D eigenvalue weighted by Crippen LogP contribution is 2.56. The quantitative estimate of drug-likeness (QED) is 0.145. The van der Waals surface area contributed by atoms with Crippen molar-refractivity contribution in [2.24, 2.45) is 22.7 Å². The molecule has 3 aliphatic rings. The van der Waals surface area contributed by atoms with Gasteiger partial charge < -0.3 is 30.1 Å². The second kappa shape index (κ2) is 16.2. The first-order valence-electron chi connectivity index (χ1n) is 19.1. The van der Waals surface area contributed by atoms with Crippen LogP contribution < -0.4 is 15.4 Å². The lowest BCUT2D eigenvalue weighted by atomic mass is 9.85. The number of Topliss-reactive ketones (excluding diaryl/α,β-unsaturated/α-hetero) is 1. The molecule has 2 saturated carbocycles. The van der Waals surface area contributed by atoms with Crippen molar-refractivity contribution in [3.63, 3.8) is 0 Å². The van der Waals surface area contributed by atoms with Crippen molar-refractivity contribution in [2.75, 3.05) is 11.9 Å². The number of nitrogens with zero attached hydrogens (tertiary/aromatic N) is 3. The third kappa shape index (κ3) is 8.63. The molecular weight excluding hydrogens is 802 g/mol. The second-order valence-electron chi connectivity index (χ2n) is 16.7. The number of halogens is 1. The Balaban J connectivity index is 1.33. The molecule has 2 aliphatic carbocycles. The fourth-order valence-corrected chi connectivity index (χ4v) is 8.73. The molecule has 0 unspecified atom stereocenters. The van der Waals surface area contributed by atoms with Crippen molar-refractivity contribution in [1.29, 1.82) is 0 Å². The van der Waals surface area contributed by atoms with Crippen molar-refractivity contribution >= 4 is 73.0 Å². The summed E-state index contributed by atoms with van der Waals surface area (Å²) in [4.78, 5) is 77.8. The summed E-state index contributed by atoms with van der Waals surface area (Å²) in [6.07, 6.45) is 3.54. The van der Waals surface area contributed by atoms with Crippen LogP contribution in [0.3, 0.4) is 0 Å². The summed E-state index contributed by atoms with van der Waals surface area (Å²) in [7, 11) is 0. The molecule has 3 fully saturated rings. The van der Waals surface area contributed by atoms with E-state index < -0.39 is 52.8 Å². The maximum Gasteiger partial charge on any atom is 0.408 e. The van der Waals surface area contributed by atoms with Crippen LogP contribution in [0, 0.1) is 29.6 Å². The van der Waals surface area contributed by atoms with Crippen LogP contribution in [0.5, 0.6) is 5.75 Å². The van der Waals surface area contributed by atoms with Gasteiger partial charge in [0.25, 0.3) is 0 Å². The number of pyridine rings is 1. The van der Waals surface area contributed by atoms with E-state index in [4.69, 9.17) is 14.5 Å². The number of fused-ring (bicyclic) bond motifs is 1. The highest BCUT2D eigenvalue weighted by Gasteiger charge is 2.61. The number of aromatic nitrogens is 2. The van der Waals surface area contributed by atoms with E-state index in [0.29, 0.717) is 33.2 Å². The van der Waals surface area contributed by atoms with E-state index in [9.17, 15) is 29.1 Å². The average molecular weight is 853 g/mol. The summed E-state index contributed by atoms with van der Waals surface area (Å²) in [5.74, 6) is -2.25. The molecule has 5 atom stereocenters. The number of alkyl carbamates (subject to hydrolysis) is 1. The van der Waals surface area contributed by atoms with Gasteiger partial charge in [0.1, 0.15) is 29.7 Å². The van der Waals surface area contributed by atoms with E-state index in [1.165, 1.54) is 16.2 Å². The zero-order valence-electron chi connectivity index (χ0n) is 32.6. The van der Waals surface area contributed by atoms with Gasteiger partial charge in [-0.3, -0.25) is 19.2 Å². The van der Waals surface area contributed by atoms with Crippen LogP contribution in [-0.4, -0.2) is 80.5 Å². The van der Waals surface area contributed by atoms with E-state index >= 15 is 0 Å². The standard InChI is InChI=1S/C41H50BrN5O8S/c1-8-23-17-41(23,37(51)52)18-30(48)29-15-25(19-47(29)36(50)34(40(5,6)7)45-39(53)55-24-11-9-10-12-24)54-31-16-27(43-33-26(31)14-13-22(4)32(33)42)28-20-56-38(44-28)46-35(49)21(2)3/h8,13-14,16,20-21,23-25,29,34H,1,9-12,15,17-19H2,2-7H3,(H,45,53)(H,51,52)(H,44,46,49)/t23-,25+,29+,34-,41-/m1/s1. The highest BCUT2D eigenvalue weighted by atomic mass is 79.9. The number of carboxylic acid groups (broad SMARTS) is 1.